The van der Waals surface area contributed by atoms with Gasteiger partial charge in [0.15, 0.2) is 0 Å². The Morgan fingerprint density at radius 2 is 2.10 bits per heavy atom. The summed E-state index contributed by atoms with van der Waals surface area (Å²) in [5.74, 6) is -0.156. The molecule has 1 aromatic heterocycles. The van der Waals surface area contributed by atoms with E-state index >= 15 is 0 Å². The van der Waals surface area contributed by atoms with E-state index in [4.69, 9.17) is 0 Å². The van der Waals surface area contributed by atoms with Crippen LogP contribution in [0.25, 0.3) is 0 Å². The highest BCUT2D eigenvalue weighted by Crippen LogP contribution is 2.26. The smallest absolute Gasteiger partial charge is 0.262 e. The van der Waals surface area contributed by atoms with E-state index < -0.39 is 0 Å². The van der Waals surface area contributed by atoms with Gasteiger partial charge in [-0.25, -0.2) is 0 Å². The molecule has 0 bridgehead atoms. The van der Waals surface area contributed by atoms with E-state index in [1.165, 1.54) is 6.20 Å². The predicted molar refractivity (Wildman–Crippen MR) is 84.6 cm³/mol. The number of nitrogens with one attached hydrogen (secondary N) is 3. The van der Waals surface area contributed by atoms with Crippen LogP contribution >= 0.6 is 28.3 Å². The number of hydrogen-bond donors (Lipinski definition) is 3. The summed E-state index contributed by atoms with van der Waals surface area (Å²) in [6, 6.07) is 1.54. The number of amides is 1. The summed E-state index contributed by atoms with van der Waals surface area (Å²) >= 11 is 3.12. The van der Waals surface area contributed by atoms with E-state index in [2.05, 4.69) is 38.5 Å². The number of pyridine rings is 1. The summed E-state index contributed by atoms with van der Waals surface area (Å²) in [6.45, 7) is 4.84. The maximum atomic E-state index is 12.0. The van der Waals surface area contributed by atoms with Crippen molar-refractivity contribution in [3.8, 4) is 0 Å². The Bertz CT molecular complexity index is 527. The van der Waals surface area contributed by atoms with Gasteiger partial charge in [-0.15, -0.1) is 12.4 Å². The lowest BCUT2D eigenvalue weighted by Crippen LogP contribution is -2.43. The third kappa shape index (κ3) is 4.33. The molecule has 3 N–H and O–H groups in total. The first-order valence-corrected chi connectivity index (χ1v) is 7.17. The van der Waals surface area contributed by atoms with Gasteiger partial charge >= 0.3 is 0 Å². The molecule has 0 unspecified atom stereocenters. The highest BCUT2D eigenvalue weighted by atomic mass is 79.9. The molecule has 1 saturated heterocycles. The van der Waals surface area contributed by atoms with Crippen LogP contribution in [0.15, 0.2) is 21.5 Å². The van der Waals surface area contributed by atoms with Crippen LogP contribution in [0.2, 0.25) is 0 Å². The standard InChI is InChI=1S/C13H18BrN3O2.ClH/c1-13(2-4-15-5-3-13)8-17-11(18)9-6-10(14)12(19)16-7-9;/h6-7,15H,2-5,8H2,1H3,(H,16,19)(H,17,18);1H. The van der Waals surface area contributed by atoms with Crippen LogP contribution in [-0.4, -0.2) is 30.5 Å². The third-order valence-electron chi connectivity index (χ3n) is 3.61. The normalized spacial score (nSPS) is 17.1. The van der Waals surface area contributed by atoms with Crippen molar-refractivity contribution in [2.45, 2.75) is 19.8 Å². The van der Waals surface area contributed by atoms with Crippen LogP contribution in [-0.2, 0) is 0 Å². The van der Waals surface area contributed by atoms with Gasteiger partial charge in [-0.3, -0.25) is 9.59 Å². The van der Waals surface area contributed by atoms with Crippen LogP contribution in [0.1, 0.15) is 30.1 Å². The van der Waals surface area contributed by atoms with E-state index in [1.54, 1.807) is 6.07 Å². The largest absolute Gasteiger partial charge is 0.351 e. The zero-order valence-corrected chi connectivity index (χ0v) is 13.7. The minimum Gasteiger partial charge on any atom is -0.351 e. The number of rotatable bonds is 3. The molecule has 0 radical (unpaired) electrons. The molecule has 0 aliphatic carbocycles. The molecule has 0 saturated carbocycles. The second-order valence-corrected chi connectivity index (χ2v) is 6.16. The van der Waals surface area contributed by atoms with Crippen LogP contribution < -0.4 is 16.2 Å². The minimum atomic E-state index is -0.234. The molecule has 1 aromatic rings. The Hall–Kier alpha value is -0.850. The number of hydrogen-bond acceptors (Lipinski definition) is 3. The Morgan fingerprint density at radius 1 is 1.45 bits per heavy atom. The van der Waals surface area contributed by atoms with E-state index in [0.29, 0.717) is 16.6 Å². The molecule has 1 aliphatic heterocycles. The number of carbonyl (C=O) groups excluding carboxylic acids is 1. The second-order valence-electron chi connectivity index (χ2n) is 5.31. The van der Waals surface area contributed by atoms with Crippen molar-refractivity contribution in [3.05, 3.63) is 32.7 Å². The average Bonchev–Trinajstić information content (AvgIpc) is 2.40. The SMILES string of the molecule is CC1(CNC(=O)c2c[nH]c(=O)c(Br)c2)CCNCC1.Cl. The summed E-state index contributed by atoms with van der Waals surface area (Å²) in [6.07, 6.45) is 3.55. The monoisotopic (exact) mass is 363 g/mol. The Labute approximate surface area is 132 Å². The first-order chi connectivity index (χ1) is 9.00. The fraction of sp³-hybridized carbons (Fsp3) is 0.538. The van der Waals surface area contributed by atoms with Crippen LogP contribution in [0, 0.1) is 5.41 Å². The fourth-order valence-corrected chi connectivity index (χ4v) is 2.55. The van der Waals surface area contributed by atoms with Gasteiger partial charge in [0.05, 0.1) is 10.0 Å². The summed E-state index contributed by atoms with van der Waals surface area (Å²) < 4.78 is 0.369. The second kappa shape index (κ2) is 7.24. The first kappa shape index (κ1) is 17.2. The number of aromatic nitrogens is 1. The van der Waals surface area contributed by atoms with Gasteiger partial charge in [0.1, 0.15) is 0 Å². The zero-order chi connectivity index (χ0) is 13.9. The summed E-state index contributed by atoms with van der Waals surface area (Å²) in [4.78, 5) is 25.8. The first-order valence-electron chi connectivity index (χ1n) is 6.37. The molecule has 7 heteroatoms. The van der Waals surface area contributed by atoms with Crippen LogP contribution in [0.3, 0.4) is 0 Å². The maximum absolute atomic E-state index is 12.0. The highest BCUT2D eigenvalue weighted by Gasteiger charge is 2.27. The molecule has 1 fully saturated rings. The highest BCUT2D eigenvalue weighted by molar-refractivity contribution is 9.10. The minimum absolute atomic E-state index is 0. The molecule has 1 aliphatic rings. The van der Waals surface area contributed by atoms with Crippen LogP contribution in [0.5, 0.6) is 0 Å². The molecule has 0 aromatic carbocycles. The maximum Gasteiger partial charge on any atom is 0.262 e. The lowest BCUT2D eigenvalue weighted by Gasteiger charge is -2.34. The van der Waals surface area contributed by atoms with E-state index in [9.17, 15) is 9.59 Å². The van der Waals surface area contributed by atoms with Gasteiger partial charge in [-0.2, -0.15) is 0 Å². The van der Waals surface area contributed by atoms with Crippen molar-refractivity contribution in [3.63, 3.8) is 0 Å². The van der Waals surface area contributed by atoms with Crippen molar-refractivity contribution >= 4 is 34.2 Å². The Balaban J connectivity index is 0.00000200. The van der Waals surface area contributed by atoms with Crippen molar-refractivity contribution in [2.24, 2.45) is 5.41 Å². The number of halogens is 2. The third-order valence-corrected chi connectivity index (χ3v) is 4.20. The fourth-order valence-electron chi connectivity index (χ4n) is 2.19. The molecule has 0 spiro atoms. The molecule has 20 heavy (non-hydrogen) atoms. The van der Waals surface area contributed by atoms with Crippen molar-refractivity contribution in [1.82, 2.24) is 15.6 Å². The summed E-state index contributed by atoms with van der Waals surface area (Å²) in [5, 5.41) is 6.26. The van der Waals surface area contributed by atoms with Gasteiger partial charge in [0, 0.05) is 12.7 Å². The molecule has 2 heterocycles. The molecule has 0 atom stereocenters. The van der Waals surface area contributed by atoms with Gasteiger partial charge < -0.3 is 15.6 Å². The van der Waals surface area contributed by atoms with E-state index in [-0.39, 0.29) is 29.3 Å². The van der Waals surface area contributed by atoms with Crippen molar-refractivity contribution in [2.75, 3.05) is 19.6 Å². The van der Waals surface area contributed by atoms with E-state index in [1.807, 2.05) is 0 Å². The molecular formula is C13H19BrClN3O2. The van der Waals surface area contributed by atoms with Gasteiger partial charge in [0.25, 0.3) is 11.5 Å². The Morgan fingerprint density at radius 3 is 2.70 bits per heavy atom. The molecule has 5 nitrogen and oxygen atoms in total. The molecular weight excluding hydrogens is 346 g/mol. The lowest BCUT2D eigenvalue weighted by atomic mass is 9.81. The Kier molecular flexibility index (Phi) is 6.23. The van der Waals surface area contributed by atoms with Crippen molar-refractivity contribution in [1.29, 1.82) is 0 Å². The predicted octanol–water partition coefficient (Wildman–Crippen LogP) is 1.68. The zero-order valence-electron chi connectivity index (χ0n) is 11.3. The van der Waals surface area contributed by atoms with Gasteiger partial charge in [-0.05, 0) is 53.3 Å². The number of aromatic amines is 1. The topological polar surface area (TPSA) is 74.0 Å². The summed E-state index contributed by atoms with van der Waals surface area (Å²) in [7, 11) is 0. The molecule has 2 rings (SSSR count). The van der Waals surface area contributed by atoms with E-state index in [0.717, 1.165) is 25.9 Å². The molecule has 1 amide bonds. The lowest BCUT2D eigenvalue weighted by molar-refractivity contribution is 0.0922. The van der Waals surface area contributed by atoms with Crippen LogP contribution in [0.4, 0.5) is 0 Å². The molecule has 112 valence electrons. The van der Waals surface area contributed by atoms with Gasteiger partial charge in [0.2, 0.25) is 0 Å². The van der Waals surface area contributed by atoms with Crippen molar-refractivity contribution < 1.29 is 4.79 Å². The number of H-pyrrole nitrogens is 1. The quantitative estimate of drug-likeness (QED) is 0.764. The average molecular weight is 365 g/mol. The van der Waals surface area contributed by atoms with Gasteiger partial charge in [-0.1, -0.05) is 6.92 Å². The number of carbonyl (C=O) groups is 1. The summed E-state index contributed by atoms with van der Waals surface area (Å²) in [5.41, 5.74) is 0.381. The number of piperidine rings is 1.